The summed E-state index contributed by atoms with van der Waals surface area (Å²) in [7, 11) is 0. The topological polar surface area (TPSA) is 30.5 Å². The van der Waals surface area contributed by atoms with Crippen molar-refractivity contribution in [3.8, 4) is 0 Å². The number of nitrogens with one attached hydrogen (secondary N) is 1. The van der Waals surface area contributed by atoms with Crippen LogP contribution >= 0.6 is 0 Å². The molecule has 3 nitrogen and oxygen atoms in total. The van der Waals surface area contributed by atoms with Gasteiger partial charge in [0.05, 0.1) is 11.7 Å². The first-order chi connectivity index (χ1) is 8.86. The lowest BCUT2D eigenvalue weighted by Gasteiger charge is -2.47. The lowest BCUT2D eigenvalue weighted by Crippen LogP contribution is -2.51. The van der Waals surface area contributed by atoms with Gasteiger partial charge < -0.3 is 14.8 Å². The van der Waals surface area contributed by atoms with Gasteiger partial charge in [0.2, 0.25) is 0 Å². The van der Waals surface area contributed by atoms with Gasteiger partial charge in [-0.25, -0.2) is 0 Å². The van der Waals surface area contributed by atoms with Crippen LogP contribution in [0.2, 0.25) is 0 Å². The Morgan fingerprint density at radius 1 is 1.06 bits per heavy atom. The summed E-state index contributed by atoms with van der Waals surface area (Å²) in [5.74, 6) is 0. The lowest BCUT2D eigenvalue weighted by molar-refractivity contribution is -0.135. The Balaban J connectivity index is 1.35. The second-order valence-corrected chi connectivity index (χ2v) is 6.31. The van der Waals surface area contributed by atoms with Crippen molar-refractivity contribution < 1.29 is 9.47 Å². The molecule has 104 valence electrons. The molecule has 1 N–H and O–H groups in total. The molecule has 1 saturated carbocycles. The largest absolute Gasteiger partial charge is 0.378 e. The van der Waals surface area contributed by atoms with E-state index in [1.165, 1.54) is 57.8 Å². The molecule has 3 rings (SSSR count). The van der Waals surface area contributed by atoms with Gasteiger partial charge in [-0.2, -0.15) is 0 Å². The van der Waals surface area contributed by atoms with Crippen molar-refractivity contribution in [1.29, 1.82) is 0 Å². The van der Waals surface area contributed by atoms with Crippen molar-refractivity contribution in [2.75, 3.05) is 19.8 Å². The second-order valence-electron chi connectivity index (χ2n) is 6.31. The quantitative estimate of drug-likeness (QED) is 0.835. The van der Waals surface area contributed by atoms with Gasteiger partial charge in [-0.3, -0.25) is 0 Å². The Morgan fingerprint density at radius 2 is 2.00 bits per heavy atom. The molecule has 2 aliphatic heterocycles. The van der Waals surface area contributed by atoms with Crippen LogP contribution in [0.5, 0.6) is 0 Å². The fraction of sp³-hybridized carbons (Fsp3) is 1.00. The van der Waals surface area contributed by atoms with Gasteiger partial charge in [0.25, 0.3) is 0 Å². The molecule has 0 amide bonds. The minimum atomic E-state index is 0.275. The Morgan fingerprint density at radius 3 is 2.72 bits per heavy atom. The van der Waals surface area contributed by atoms with Crippen molar-refractivity contribution in [3.63, 3.8) is 0 Å². The molecule has 2 unspecified atom stereocenters. The van der Waals surface area contributed by atoms with E-state index in [2.05, 4.69) is 5.32 Å². The van der Waals surface area contributed by atoms with E-state index in [-0.39, 0.29) is 5.60 Å². The average Bonchev–Trinajstić information content (AvgIpc) is 2.39. The number of hydrogen-bond donors (Lipinski definition) is 1. The van der Waals surface area contributed by atoms with Crippen molar-refractivity contribution in [2.24, 2.45) is 0 Å². The van der Waals surface area contributed by atoms with Gasteiger partial charge in [0.15, 0.2) is 0 Å². The molecule has 3 aliphatic rings. The van der Waals surface area contributed by atoms with Gasteiger partial charge in [0, 0.05) is 19.3 Å². The van der Waals surface area contributed by atoms with Gasteiger partial charge in [-0.1, -0.05) is 0 Å². The van der Waals surface area contributed by atoms with Crippen LogP contribution in [0.15, 0.2) is 0 Å². The summed E-state index contributed by atoms with van der Waals surface area (Å²) in [5.41, 5.74) is 0.275. The minimum absolute atomic E-state index is 0.275. The molecule has 0 bridgehead atoms. The van der Waals surface area contributed by atoms with Crippen LogP contribution in [-0.2, 0) is 9.47 Å². The zero-order valence-corrected chi connectivity index (χ0v) is 11.5. The van der Waals surface area contributed by atoms with Crippen molar-refractivity contribution in [1.82, 2.24) is 5.32 Å². The maximum absolute atomic E-state index is 5.96. The molecular formula is C15H27NO2. The van der Waals surface area contributed by atoms with E-state index >= 15 is 0 Å². The fourth-order valence-corrected chi connectivity index (χ4v) is 3.61. The molecule has 3 heteroatoms. The predicted molar refractivity (Wildman–Crippen MR) is 71.8 cm³/mol. The van der Waals surface area contributed by atoms with Crippen LogP contribution in [0.4, 0.5) is 0 Å². The Labute approximate surface area is 111 Å². The first-order valence-corrected chi connectivity index (χ1v) is 7.85. The molecule has 2 heterocycles. The first kappa shape index (κ1) is 12.9. The second kappa shape index (κ2) is 5.89. The molecule has 2 atom stereocenters. The molecule has 1 aliphatic carbocycles. The molecule has 0 aromatic rings. The maximum Gasteiger partial charge on any atom is 0.0697 e. The minimum Gasteiger partial charge on any atom is -0.378 e. The third kappa shape index (κ3) is 3.06. The van der Waals surface area contributed by atoms with Crippen molar-refractivity contribution in [3.05, 3.63) is 0 Å². The van der Waals surface area contributed by atoms with Crippen LogP contribution in [0, 0.1) is 0 Å². The Hall–Kier alpha value is -0.120. The molecule has 2 saturated heterocycles. The summed E-state index contributed by atoms with van der Waals surface area (Å²) in [6, 6.07) is 0.683. The summed E-state index contributed by atoms with van der Waals surface area (Å²) >= 11 is 0. The summed E-state index contributed by atoms with van der Waals surface area (Å²) in [6.07, 6.45) is 11.9. The van der Waals surface area contributed by atoms with Crippen LogP contribution in [0.1, 0.15) is 57.8 Å². The van der Waals surface area contributed by atoms with E-state index in [0.29, 0.717) is 12.1 Å². The lowest BCUT2D eigenvalue weighted by atomic mass is 9.74. The summed E-state index contributed by atoms with van der Waals surface area (Å²) < 4.78 is 11.7. The standard InChI is InChI=1S/C15H27NO2/c1-2-10-17-14(4-1)5-9-16-13-6-11-18-15(12-13)7-3-8-15/h13-14,16H,1-12H2. The van der Waals surface area contributed by atoms with Crippen LogP contribution in [0.3, 0.4) is 0 Å². The molecule has 3 fully saturated rings. The number of rotatable bonds is 4. The van der Waals surface area contributed by atoms with Crippen molar-refractivity contribution >= 4 is 0 Å². The monoisotopic (exact) mass is 253 g/mol. The first-order valence-electron chi connectivity index (χ1n) is 7.85. The molecule has 0 radical (unpaired) electrons. The molecule has 1 spiro atoms. The van der Waals surface area contributed by atoms with E-state index in [1.54, 1.807) is 0 Å². The van der Waals surface area contributed by atoms with E-state index in [1.807, 2.05) is 0 Å². The third-order valence-corrected chi connectivity index (χ3v) is 4.93. The molecule has 18 heavy (non-hydrogen) atoms. The highest BCUT2D eigenvalue weighted by Crippen LogP contribution is 2.42. The zero-order chi connectivity index (χ0) is 12.3. The van der Waals surface area contributed by atoms with Crippen molar-refractivity contribution in [2.45, 2.75) is 75.5 Å². The molecule has 0 aromatic heterocycles. The number of hydrogen-bond acceptors (Lipinski definition) is 3. The SMILES string of the molecule is C1CCC(CCNC2CCOC3(CCC3)C2)OC1. The Bertz CT molecular complexity index is 259. The number of ether oxygens (including phenoxy) is 2. The van der Waals surface area contributed by atoms with Gasteiger partial charge in [0.1, 0.15) is 0 Å². The highest BCUT2D eigenvalue weighted by Gasteiger charge is 2.42. The highest BCUT2D eigenvalue weighted by molar-refractivity contribution is 4.96. The van der Waals surface area contributed by atoms with E-state index < -0.39 is 0 Å². The van der Waals surface area contributed by atoms with Gasteiger partial charge in [-0.15, -0.1) is 0 Å². The van der Waals surface area contributed by atoms with E-state index in [4.69, 9.17) is 9.47 Å². The fourth-order valence-electron chi connectivity index (χ4n) is 3.61. The van der Waals surface area contributed by atoms with Crippen LogP contribution < -0.4 is 5.32 Å². The van der Waals surface area contributed by atoms with E-state index in [9.17, 15) is 0 Å². The maximum atomic E-state index is 5.96. The van der Waals surface area contributed by atoms with Gasteiger partial charge in [-0.05, 0) is 64.3 Å². The summed E-state index contributed by atoms with van der Waals surface area (Å²) in [4.78, 5) is 0. The predicted octanol–water partition coefficient (Wildman–Crippen LogP) is 2.64. The summed E-state index contributed by atoms with van der Waals surface area (Å²) in [5, 5.41) is 3.73. The molecular weight excluding hydrogens is 226 g/mol. The third-order valence-electron chi connectivity index (χ3n) is 4.93. The average molecular weight is 253 g/mol. The smallest absolute Gasteiger partial charge is 0.0697 e. The highest BCUT2D eigenvalue weighted by atomic mass is 16.5. The van der Waals surface area contributed by atoms with Crippen LogP contribution in [0.25, 0.3) is 0 Å². The Kier molecular flexibility index (Phi) is 4.22. The van der Waals surface area contributed by atoms with Gasteiger partial charge >= 0.3 is 0 Å². The van der Waals surface area contributed by atoms with E-state index in [0.717, 1.165) is 19.8 Å². The normalized spacial score (nSPS) is 35.3. The molecule has 0 aromatic carbocycles. The summed E-state index contributed by atoms with van der Waals surface area (Å²) in [6.45, 7) is 3.05. The van der Waals surface area contributed by atoms with Crippen LogP contribution in [-0.4, -0.2) is 37.5 Å². The zero-order valence-electron chi connectivity index (χ0n) is 11.5.